The van der Waals surface area contributed by atoms with E-state index in [0.29, 0.717) is 12.2 Å². The number of rotatable bonds is 7. The third-order valence-corrected chi connectivity index (χ3v) is 6.14. The normalized spacial score (nSPS) is 14.4. The fourth-order valence-electron chi connectivity index (χ4n) is 3.62. The lowest BCUT2D eigenvalue weighted by Crippen LogP contribution is -2.49. The Morgan fingerprint density at radius 3 is 2.31 bits per heavy atom. The summed E-state index contributed by atoms with van der Waals surface area (Å²) in [5.74, 6) is -0.571. The van der Waals surface area contributed by atoms with Crippen LogP contribution in [0.2, 0.25) is 0 Å². The van der Waals surface area contributed by atoms with Crippen LogP contribution in [0.4, 0.5) is 0 Å². The molecule has 1 aromatic heterocycles. The van der Waals surface area contributed by atoms with Crippen molar-refractivity contribution in [3.8, 4) is 10.4 Å². The van der Waals surface area contributed by atoms with E-state index in [1.165, 1.54) is 11.3 Å². The van der Waals surface area contributed by atoms with Crippen LogP contribution in [-0.2, 0) is 11.3 Å². The van der Waals surface area contributed by atoms with E-state index in [2.05, 4.69) is 4.98 Å². The van der Waals surface area contributed by atoms with E-state index >= 15 is 0 Å². The van der Waals surface area contributed by atoms with Crippen molar-refractivity contribution in [1.82, 2.24) is 9.88 Å². The van der Waals surface area contributed by atoms with Crippen molar-refractivity contribution in [2.75, 3.05) is 0 Å². The molecule has 0 unspecified atom stereocenters. The van der Waals surface area contributed by atoms with Gasteiger partial charge in [-0.05, 0) is 36.8 Å². The molecule has 5 nitrogen and oxygen atoms in total. The van der Waals surface area contributed by atoms with Gasteiger partial charge in [0, 0.05) is 6.54 Å². The second-order valence-corrected chi connectivity index (χ2v) is 8.58. The van der Waals surface area contributed by atoms with Crippen LogP contribution in [0.15, 0.2) is 60.7 Å². The quantitative estimate of drug-likeness (QED) is 0.645. The van der Waals surface area contributed by atoms with Crippen LogP contribution >= 0.6 is 11.3 Å². The largest absolute Gasteiger partial charge is 0.368 e. The van der Waals surface area contributed by atoms with E-state index in [4.69, 9.17) is 5.73 Å². The van der Waals surface area contributed by atoms with Crippen molar-refractivity contribution in [2.24, 2.45) is 11.7 Å². The predicted octanol–water partition coefficient (Wildman–Crippen LogP) is 4.02. The van der Waals surface area contributed by atoms with Gasteiger partial charge < -0.3 is 10.6 Å². The molecule has 0 spiro atoms. The third-order valence-electron chi connectivity index (χ3n) is 5.13. The Hall–Kier alpha value is -2.99. The minimum absolute atomic E-state index is 0.125. The Labute approximate surface area is 174 Å². The van der Waals surface area contributed by atoms with Gasteiger partial charge in [0.2, 0.25) is 5.91 Å². The molecular weight excluding hydrogens is 382 g/mol. The summed E-state index contributed by atoms with van der Waals surface area (Å²) in [6.07, 6.45) is 1.82. The Bertz CT molecular complexity index is 1010. The summed E-state index contributed by atoms with van der Waals surface area (Å²) in [6.45, 7) is 2.22. The first-order chi connectivity index (χ1) is 14.0. The first-order valence-corrected chi connectivity index (χ1v) is 10.5. The molecule has 2 N–H and O–H groups in total. The molecule has 0 radical (unpaired) electrons. The Morgan fingerprint density at radius 2 is 1.72 bits per heavy atom. The average molecular weight is 406 g/mol. The molecule has 2 amide bonds. The fourth-order valence-corrected chi connectivity index (χ4v) is 4.54. The van der Waals surface area contributed by atoms with E-state index < -0.39 is 11.9 Å². The molecule has 29 heavy (non-hydrogen) atoms. The molecule has 4 rings (SSSR count). The number of carbonyl (C=O) groups excluding carboxylic acids is 2. The van der Waals surface area contributed by atoms with Crippen LogP contribution in [0.1, 0.15) is 33.9 Å². The third kappa shape index (κ3) is 4.22. The van der Waals surface area contributed by atoms with E-state index in [1.54, 1.807) is 4.90 Å². The average Bonchev–Trinajstić information content (AvgIpc) is 3.48. The van der Waals surface area contributed by atoms with Gasteiger partial charge in [-0.3, -0.25) is 9.59 Å². The number of benzene rings is 2. The Morgan fingerprint density at radius 1 is 1.10 bits per heavy atom. The van der Waals surface area contributed by atoms with Crippen molar-refractivity contribution in [3.05, 3.63) is 76.9 Å². The molecule has 0 saturated heterocycles. The van der Waals surface area contributed by atoms with Crippen molar-refractivity contribution >= 4 is 23.2 Å². The number of nitrogens with two attached hydrogens (primary N) is 1. The van der Waals surface area contributed by atoms with E-state index in [-0.39, 0.29) is 11.8 Å². The maximum atomic E-state index is 13.7. The van der Waals surface area contributed by atoms with E-state index in [1.807, 2.05) is 67.6 Å². The summed E-state index contributed by atoms with van der Waals surface area (Å²) in [6, 6.07) is 18.8. The highest BCUT2D eigenvalue weighted by atomic mass is 32.1. The van der Waals surface area contributed by atoms with Gasteiger partial charge in [0.1, 0.15) is 11.7 Å². The summed E-state index contributed by atoms with van der Waals surface area (Å²) < 4.78 is 0. The standard InChI is InChI=1S/C23H23N3O2S/c1-15-25-19(21(29-15)18-10-6-3-7-11-18)23(28)26(14-16-8-4-2-5-9-16)20(22(24)27)17-12-13-17/h2-11,17,20H,12-14H2,1H3,(H2,24,27)/t20-/m0/s1. The molecule has 1 heterocycles. The SMILES string of the molecule is Cc1nc(C(=O)N(Cc2ccccc2)[C@H](C(N)=O)C2CC2)c(-c2ccccc2)s1. The Balaban J connectivity index is 1.75. The number of aromatic nitrogens is 1. The number of primary amides is 1. The van der Waals surface area contributed by atoms with Crippen LogP contribution in [0.25, 0.3) is 10.4 Å². The highest BCUT2D eigenvalue weighted by Gasteiger charge is 2.42. The molecule has 0 aliphatic heterocycles. The van der Waals surface area contributed by atoms with Crippen molar-refractivity contribution in [1.29, 1.82) is 0 Å². The first kappa shape index (κ1) is 19.3. The highest BCUT2D eigenvalue weighted by Crippen LogP contribution is 2.38. The van der Waals surface area contributed by atoms with Gasteiger partial charge in [0.05, 0.1) is 9.88 Å². The molecule has 1 aliphatic carbocycles. The maximum absolute atomic E-state index is 13.7. The number of carbonyl (C=O) groups is 2. The Kier molecular flexibility index (Phi) is 5.45. The summed E-state index contributed by atoms with van der Waals surface area (Å²) in [7, 11) is 0. The molecule has 1 saturated carbocycles. The van der Waals surface area contributed by atoms with Crippen molar-refractivity contribution in [3.63, 3.8) is 0 Å². The number of hydrogen-bond acceptors (Lipinski definition) is 4. The molecule has 1 aliphatic rings. The van der Waals surface area contributed by atoms with Gasteiger partial charge in [-0.1, -0.05) is 60.7 Å². The minimum atomic E-state index is -0.617. The summed E-state index contributed by atoms with van der Waals surface area (Å²) in [5, 5.41) is 0.814. The number of nitrogens with zero attached hydrogens (tertiary/aromatic N) is 2. The second-order valence-electron chi connectivity index (χ2n) is 7.38. The lowest BCUT2D eigenvalue weighted by molar-refractivity contribution is -0.123. The number of amides is 2. The molecule has 0 bridgehead atoms. The molecule has 3 aromatic rings. The maximum Gasteiger partial charge on any atom is 0.274 e. The molecule has 2 aromatic carbocycles. The van der Waals surface area contributed by atoms with Crippen LogP contribution < -0.4 is 5.73 Å². The second kappa shape index (κ2) is 8.17. The fraction of sp³-hybridized carbons (Fsp3) is 0.261. The van der Waals surface area contributed by atoms with Gasteiger partial charge in [-0.2, -0.15) is 0 Å². The van der Waals surface area contributed by atoms with Crippen LogP contribution in [-0.4, -0.2) is 27.7 Å². The smallest absolute Gasteiger partial charge is 0.274 e. The van der Waals surface area contributed by atoms with E-state index in [0.717, 1.165) is 33.9 Å². The minimum Gasteiger partial charge on any atom is -0.368 e. The van der Waals surface area contributed by atoms with Crippen molar-refractivity contribution in [2.45, 2.75) is 32.4 Å². The highest BCUT2D eigenvalue weighted by molar-refractivity contribution is 7.15. The molecular formula is C23H23N3O2S. The number of hydrogen-bond donors (Lipinski definition) is 1. The zero-order chi connectivity index (χ0) is 20.4. The van der Waals surface area contributed by atoms with Crippen molar-refractivity contribution < 1.29 is 9.59 Å². The first-order valence-electron chi connectivity index (χ1n) is 9.71. The van der Waals surface area contributed by atoms with E-state index in [9.17, 15) is 9.59 Å². The van der Waals surface area contributed by atoms with Crippen LogP contribution in [0.3, 0.4) is 0 Å². The zero-order valence-electron chi connectivity index (χ0n) is 16.2. The summed E-state index contributed by atoms with van der Waals surface area (Å²) in [4.78, 5) is 33.0. The zero-order valence-corrected chi connectivity index (χ0v) is 17.1. The van der Waals surface area contributed by atoms with Gasteiger partial charge >= 0.3 is 0 Å². The van der Waals surface area contributed by atoms with Gasteiger partial charge in [-0.25, -0.2) is 4.98 Å². The monoisotopic (exact) mass is 405 g/mol. The summed E-state index contributed by atoms with van der Waals surface area (Å²) in [5.41, 5.74) is 8.05. The lowest BCUT2D eigenvalue weighted by atomic mass is 10.1. The molecule has 1 fully saturated rings. The van der Waals surface area contributed by atoms with Crippen LogP contribution in [0.5, 0.6) is 0 Å². The van der Waals surface area contributed by atoms with Gasteiger partial charge in [0.25, 0.3) is 5.91 Å². The van der Waals surface area contributed by atoms with Gasteiger partial charge in [-0.15, -0.1) is 11.3 Å². The number of aryl methyl sites for hydroxylation is 1. The van der Waals surface area contributed by atoms with Gasteiger partial charge in [0.15, 0.2) is 0 Å². The molecule has 6 heteroatoms. The summed E-state index contributed by atoms with van der Waals surface area (Å²) >= 11 is 1.49. The predicted molar refractivity (Wildman–Crippen MR) is 114 cm³/mol. The number of thiazole rings is 1. The lowest BCUT2D eigenvalue weighted by Gasteiger charge is -2.30. The van der Waals surface area contributed by atoms with Crippen LogP contribution in [0, 0.1) is 12.8 Å². The molecule has 1 atom stereocenters. The topological polar surface area (TPSA) is 76.3 Å². The molecule has 148 valence electrons.